The van der Waals surface area contributed by atoms with Crippen LogP contribution >= 0.6 is 0 Å². The van der Waals surface area contributed by atoms with Crippen LogP contribution < -0.4 is 10.6 Å². The third-order valence-corrected chi connectivity index (χ3v) is 4.56. The molecule has 25 heavy (non-hydrogen) atoms. The summed E-state index contributed by atoms with van der Waals surface area (Å²) in [7, 11) is 0. The number of nitrogens with one attached hydrogen (secondary N) is 2. The second-order valence-corrected chi connectivity index (χ2v) is 6.70. The van der Waals surface area contributed by atoms with Crippen LogP contribution in [0, 0.1) is 24.5 Å². The average molecular weight is 344 g/mol. The molecule has 2 aromatic rings. The van der Waals surface area contributed by atoms with E-state index >= 15 is 0 Å². The van der Waals surface area contributed by atoms with Gasteiger partial charge < -0.3 is 5.32 Å². The third kappa shape index (κ3) is 4.23. The van der Waals surface area contributed by atoms with Crippen molar-refractivity contribution >= 4 is 11.6 Å². The molecule has 0 spiro atoms. The van der Waals surface area contributed by atoms with Crippen LogP contribution in [0.2, 0.25) is 0 Å². The van der Waals surface area contributed by atoms with Crippen LogP contribution in [-0.2, 0) is 4.79 Å². The molecule has 1 aliphatic carbocycles. The highest BCUT2D eigenvalue weighted by molar-refractivity contribution is 5.94. The van der Waals surface area contributed by atoms with Crippen LogP contribution in [-0.4, -0.2) is 11.9 Å². The second-order valence-electron chi connectivity index (χ2n) is 6.70. The topological polar surface area (TPSA) is 41.1 Å². The fraction of sp³-hybridized carbons (Fsp3) is 0.350. The molecular weight excluding hydrogens is 322 g/mol. The van der Waals surface area contributed by atoms with Gasteiger partial charge in [-0.2, -0.15) is 0 Å². The molecule has 0 aromatic heterocycles. The molecule has 2 N–H and O–H groups in total. The van der Waals surface area contributed by atoms with Gasteiger partial charge in [0.25, 0.3) is 0 Å². The molecule has 1 amide bonds. The molecular formula is C20H22F2N2O. The molecule has 3 rings (SSSR count). The average Bonchev–Trinajstić information content (AvgIpc) is 3.41. The maximum absolute atomic E-state index is 13.7. The van der Waals surface area contributed by atoms with E-state index in [0.717, 1.165) is 30.5 Å². The first-order chi connectivity index (χ1) is 12.0. The summed E-state index contributed by atoms with van der Waals surface area (Å²) in [6.07, 6.45) is 2.23. The molecule has 5 heteroatoms. The number of halogens is 2. The van der Waals surface area contributed by atoms with Crippen molar-refractivity contribution in [2.45, 2.75) is 38.8 Å². The number of aryl methyl sites for hydroxylation is 1. The zero-order valence-corrected chi connectivity index (χ0v) is 14.4. The lowest BCUT2D eigenvalue weighted by molar-refractivity contribution is -0.118. The lowest BCUT2D eigenvalue weighted by Gasteiger charge is -2.23. The van der Waals surface area contributed by atoms with Gasteiger partial charge in [-0.25, -0.2) is 8.78 Å². The number of amides is 1. The minimum Gasteiger partial charge on any atom is -0.320 e. The van der Waals surface area contributed by atoms with Crippen LogP contribution in [0.1, 0.15) is 36.9 Å². The zero-order valence-electron chi connectivity index (χ0n) is 14.4. The van der Waals surface area contributed by atoms with Crippen LogP contribution in [0.25, 0.3) is 0 Å². The lowest BCUT2D eigenvalue weighted by Crippen LogP contribution is -2.41. The van der Waals surface area contributed by atoms with Crippen molar-refractivity contribution in [2.75, 3.05) is 5.32 Å². The molecule has 0 radical (unpaired) electrons. The third-order valence-electron chi connectivity index (χ3n) is 4.56. The Balaban J connectivity index is 1.70. The molecule has 2 aromatic carbocycles. The molecule has 1 fully saturated rings. The van der Waals surface area contributed by atoms with E-state index in [2.05, 4.69) is 22.8 Å². The fourth-order valence-corrected chi connectivity index (χ4v) is 2.90. The van der Waals surface area contributed by atoms with Crippen LogP contribution in [0.3, 0.4) is 0 Å². The molecule has 0 aliphatic heterocycles. The van der Waals surface area contributed by atoms with Gasteiger partial charge in [-0.05, 0) is 50.3 Å². The van der Waals surface area contributed by atoms with Gasteiger partial charge in [0.15, 0.2) is 0 Å². The first kappa shape index (κ1) is 17.5. The summed E-state index contributed by atoms with van der Waals surface area (Å²) < 4.78 is 27.4. The zero-order chi connectivity index (χ0) is 18.0. The summed E-state index contributed by atoms with van der Waals surface area (Å²) in [6.45, 7) is 3.74. The van der Waals surface area contributed by atoms with Gasteiger partial charge >= 0.3 is 0 Å². The van der Waals surface area contributed by atoms with E-state index in [1.807, 2.05) is 19.1 Å². The number of benzene rings is 2. The summed E-state index contributed by atoms with van der Waals surface area (Å²) >= 11 is 0. The van der Waals surface area contributed by atoms with Gasteiger partial charge in [0.1, 0.15) is 17.3 Å². The molecule has 0 unspecified atom stereocenters. The first-order valence-corrected chi connectivity index (χ1v) is 8.53. The highest BCUT2D eigenvalue weighted by Crippen LogP contribution is 2.41. The van der Waals surface area contributed by atoms with Gasteiger partial charge in [0, 0.05) is 6.04 Å². The van der Waals surface area contributed by atoms with E-state index in [-0.39, 0.29) is 6.04 Å². The predicted octanol–water partition coefficient (Wildman–Crippen LogP) is 4.34. The Labute approximate surface area is 146 Å². The lowest BCUT2D eigenvalue weighted by atomic mass is 10.00. The standard InChI is InChI=1S/C20H22F2N2O/c1-12-6-8-14(9-7-12)18(15-10-11-15)23-13(2)20(25)24-19-16(21)4-3-5-17(19)22/h3-9,13,15,18,23H,10-11H2,1-2H3,(H,24,25)/t13-,18-/m0/s1. The largest absolute Gasteiger partial charge is 0.320 e. The summed E-state index contributed by atoms with van der Waals surface area (Å²) in [4.78, 5) is 12.4. The highest BCUT2D eigenvalue weighted by atomic mass is 19.1. The molecule has 3 nitrogen and oxygen atoms in total. The number of rotatable bonds is 6. The quantitative estimate of drug-likeness (QED) is 0.818. The van der Waals surface area contributed by atoms with Gasteiger partial charge in [0.05, 0.1) is 6.04 Å². The van der Waals surface area contributed by atoms with Crippen molar-refractivity contribution in [3.8, 4) is 0 Å². The molecule has 0 saturated heterocycles. The van der Waals surface area contributed by atoms with Crippen LogP contribution in [0.5, 0.6) is 0 Å². The van der Waals surface area contributed by atoms with Crippen molar-refractivity contribution < 1.29 is 13.6 Å². The SMILES string of the molecule is Cc1ccc([C@H](N[C@@H](C)C(=O)Nc2c(F)cccc2F)C2CC2)cc1. The Morgan fingerprint density at radius 1 is 1.08 bits per heavy atom. The number of para-hydroxylation sites is 1. The Morgan fingerprint density at radius 3 is 2.24 bits per heavy atom. The maximum atomic E-state index is 13.7. The molecule has 0 bridgehead atoms. The molecule has 1 saturated carbocycles. The summed E-state index contributed by atoms with van der Waals surface area (Å²) in [5.74, 6) is -1.53. The smallest absolute Gasteiger partial charge is 0.241 e. The van der Waals surface area contributed by atoms with Gasteiger partial charge in [0.2, 0.25) is 5.91 Å². The van der Waals surface area contributed by atoms with Crippen LogP contribution in [0.4, 0.5) is 14.5 Å². The molecule has 0 heterocycles. The van der Waals surface area contributed by atoms with Crippen molar-refractivity contribution in [3.05, 3.63) is 65.2 Å². The highest BCUT2D eigenvalue weighted by Gasteiger charge is 2.34. The van der Waals surface area contributed by atoms with Crippen molar-refractivity contribution in [1.29, 1.82) is 0 Å². The minimum atomic E-state index is -0.780. The Hall–Kier alpha value is -2.27. The number of anilines is 1. The maximum Gasteiger partial charge on any atom is 0.241 e. The van der Waals surface area contributed by atoms with Gasteiger partial charge in [-0.1, -0.05) is 35.9 Å². The molecule has 2 atom stereocenters. The summed E-state index contributed by atoms with van der Waals surface area (Å²) in [6, 6.07) is 11.2. The predicted molar refractivity (Wildman–Crippen MR) is 94.2 cm³/mol. The molecule has 132 valence electrons. The van der Waals surface area contributed by atoms with E-state index in [4.69, 9.17) is 0 Å². The van der Waals surface area contributed by atoms with E-state index in [0.29, 0.717) is 5.92 Å². The Bertz CT molecular complexity index is 737. The van der Waals surface area contributed by atoms with E-state index in [9.17, 15) is 13.6 Å². The summed E-state index contributed by atoms with van der Waals surface area (Å²) in [5, 5.41) is 5.67. The number of hydrogen-bond donors (Lipinski definition) is 2. The minimum absolute atomic E-state index is 0.0619. The second kappa shape index (κ2) is 7.31. The number of carbonyl (C=O) groups excluding carboxylic acids is 1. The van der Waals surface area contributed by atoms with E-state index in [1.165, 1.54) is 11.6 Å². The number of carbonyl (C=O) groups is 1. The van der Waals surface area contributed by atoms with Crippen LogP contribution in [0.15, 0.2) is 42.5 Å². The number of hydrogen-bond acceptors (Lipinski definition) is 2. The normalized spacial score (nSPS) is 16.3. The Kier molecular flexibility index (Phi) is 5.13. The molecule has 1 aliphatic rings. The van der Waals surface area contributed by atoms with Gasteiger partial charge in [-0.3, -0.25) is 10.1 Å². The Morgan fingerprint density at radius 2 is 1.68 bits per heavy atom. The first-order valence-electron chi connectivity index (χ1n) is 8.53. The van der Waals surface area contributed by atoms with Crippen molar-refractivity contribution in [2.24, 2.45) is 5.92 Å². The van der Waals surface area contributed by atoms with E-state index < -0.39 is 29.3 Å². The van der Waals surface area contributed by atoms with Crippen molar-refractivity contribution in [1.82, 2.24) is 5.32 Å². The van der Waals surface area contributed by atoms with E-state index in [1.54, 1.807) is 6.92 Å². The monoisotopic (exact) mass is 344 g/mol. The fourth-order valence-electron chi connectivity index (χ4n) is 2.90. The van der Waals surface area contributed by atoms with Crippen molar-refractivity contribution in [3.63, 3.8) is 0 Å². The van der Waals surface area contributed by atoms with Gasteiger partial charge in [-0.15, -0.1) is 0 Å². The summed E-state index contributed by atoms with van der Waals surface area (Å²) in [5.41, 5.74) is 1.91.